The molecule has 3 aromatic carbocycles. The Morgan fingerprint density at radius 3 is 2.33 bits per heavy atom. The van der Waals surface area contributed by atoms with E-state index in [1.54, 1.807) is 42.5 Å². The number of fused-ring (bicyclic) bond motifs is 1. The van der Waals surface area contributed by atoms with E-state index in [-0.39, 0.29) is 0 Å². The zero-order valence-corrected chi connectivity index (χ0v) is 11.2. The normalized spacial score (nSPS) is 12.0. The predicted octanol–water partition coefficient (Wildman–Crippen LogP) is 4.40. The Morgan fingerprint density at radius 2 is 1.52 bits per heavy atom. The first kappa shape index (κ1) is 13.3. The minimum Gasteiger partial charge on any atom is -0.452 e. The lowest BCUT2D eigenvalue weighted by Gasteiger charge is -2.12. The number of hydrogen-bond donors (Lipinski definition) is 0. The molecule has 104 valence electrons. The first-order chi connectivity index (χ1) is 10.3. The van der Waals surface area contributed by atoms with Gasteiger partial charge in [-0.15, -0.1) is 0 Å². The van der Waals surface area contributed by atoms with Crippen LogP contribution in [0.1, 0.15) is 10.4 Å². The van der Waals surface area contributed by atoms with Crippen molar-refractivity contribution in [2.24, 2.45) is 0 Å². The third-order valence-corrected chi connectivity index (χ3v) is 3.24. The van der Waals surface area contributed by atoms with E-state index in [1.807, 2.05) is 30.3 Å². The van der Waals surface area contributed by atoms with Crippen LogP contribution in [0.2, 0.25) is 0 Å². The summed E-state index contributed by atoms with van der Waals surface area (Å²) in [6, 6.07) is 21.1. The lowest BCUT2D eigenvalue weighted by Crippen LogP contribution is -2.22. The van der Waals surface area contributed by atoms with Gasteiger partial charge in [-0.25, -0.2) is 0 Å². The monoisotopic (exact) mass is 280 g/mol. The molecular formula is C18H13FO2. The Kier molecular flexibility index (Phi) is 3.65. The van der Waals surface area contributed by atoms with Crippen molar-refractivity contribution in [2.75, 3.05) is 0 Å². The molecule has 0 aliphatic heterocycles. The van der Waals surface area contributed by atoms with Gasteiger partial charge in [-0.2, -0.15) is 4.39 Å². The second kappa shape index (κ2) is 5.75. The molecule has 0 bridgehead atoms. The summed E-state index contributed by atoms with van der Waals surface area (Å²) in [7, 11) is 0. The zero-order valence-electron chi connectivity index (χ0n) is 11.2. The maximum absolute atomic E-state index is 14.1. The van der Waals surface area contributed by atoms with Gasteiger partial charge in [0.2, 0.25) is 5.78 Å². The number of halogens is 1. The number of Topliss-reactive ketones (excluding diaryl/α,β-unsaturated/α-hetero) is 1. The molecule has 0 aromatic heterocycles. The third-order valence-electron chi connectivity index (χ3n) is 3.24. The number of alkyl halides is 1. The highest BCUT2D eigenvalue weighted by Gasteiger charge is 2.21. The number of benzene rings is 3. The second-order valence-corrected chi connectivity index (χ2v) is 4.64. The second-order valence-electron chi connectivity index (χ2n) is 4.64. The molecule has 0 saturated carbocycles. The SMILES string of the molecule is O=C(c1ccccc1)C(F)Oc1cccc2ccccc12. The Morgan fingerprint density at radius 1 is 0.857 bits per heavy atom. The van der Waals surface area contributed by atoms with Gasteiger partial charge in [0.15, 0.2) is 0 Å². The Hall–Kier alpha value is -2.68. The average Bonchev–Trinajstić information content (AvgIpc) is 2.55. The number of carbonyl (C=O) groups excluding carboxylic acids is 1. The lowest BCUT2D eigenvalue weighted by molar-refractivity contribution is 0.0457. The molecule has 3 heteroatoms. The van der Waals surface area contributed by atoms with Gasteiger partial charge in [0, 0.05) is 10.9 Å². The van der Waals surface area contributed by atoms with Crippen LogP contribution in [0, 0.1) is 0 Å². The fourth-order valence-electron chi connectivity index (χ4n) is 2.20. The van der Waals surface area contributed by atoms with E-state index < -0.39 is 12.1 Å². The first-order valence-electron chi connectivity index (χ1n) is 6.63. The van der Waals surface area contributed by atoms with Gasteiger partial charge in [-0.1, -0.05) is 66.7 Å². The Bertz CT molecular complexity index is 763. The molecule has 21 heavy (non-hydrogen) atoms. The standard InChI is InChI=1S/C18H13FO2/c19-18(17(20)14-8-2-1-3-9-14)21-16-12-6-10-13-7-4-5-11-15(13)16/h1-12,18H. The third kappa shape index (κ3) is 2.77. The molecule has 3 aromatic rings. The van der Waals surface area contributed by atoms with Crippen molar-refractivity contribution < 1.29 is 13.9 Å². The van der Waals surface area contributed by atoms with E-state index in [4.69, 9.17) is 4.74 Å². The summed E-state index contributed by atoms with van der Waals surface area (Å²) in [5, 5.41) is 1.72. The summed E-state index contributed by atoms with van der Waals surface area (Å²) in [6.45, 7) is 0. The maximum Gasteiger partial charge on any atom is 0.301 e. The van der Waals surface area contributed by atoms with Gasteiger partial charge in [-0.05, 0) is 11.5 Å². The molecule has 0 saturated heterocycles. The van der Waals surface area contributed by atoms with E-state index in [0.29, 0.717) is 11.3 Å². The molecule has 0 N–H and O–H groups in total. The smallest absolute Gasteiger partial charge is 0.301 e. The molecule has 0 aliphatic carbocycles. The van der Waals surface area contributed by atoms with Crippen LogP contribution < -0.4 is 4.74 Å². The van der Waals surface area contributed by atoms with E-state index in [0.717, 1.165) is 10.8 Å². The lowest BCUT2D eigenvalue weighted by atomic mass is 10.1. The molecule has 0 spiro atoms. The van der Waals surface area contributed by atoms with Gasteiger partial charge >= 0.3 is 6.36 Å². The van der Waals surface area contributed by atoms with Crippen molar-refractivity contribution in [2.45, 2.75) is 6.36 Å². The number of ketones is 1. The van der Waals surface area contributed by atoms with Gasteiger partial charge in [0.05, 0.1) is 0 Å². The molecule has 0 fully saturated rings. The summed E-state index contributed by atoms with van der Waals surface area (Å²) >= 11 is 0. The van der Waals surface area contributed by atoms with Gasteiger partial charge < -0.3 is 4.74 Å². The van der Waals surface area contributed by atoms with Crippen molar-refractivity contribution >= 4 is 16.6 Å². The molecule has 0 aliphatic rings. The van der Waals surface area contributed by atoms with Crippen molar-refractivity contribution in [3.05, 3.63) is 78.4 Å². The fourth-order valence-corrected chi connectivity index (χ4v) is 2.20. The minimum absolute atomic E-state index is 0.297. The highest BCUT2D eigenvalue weighted by atomic mass is 19.1. The van der Waals surface area contributed by atoms with Crippen LogP contribution in [0.3, 0.4) is 0 Å². The van der Waals surface area contributed by atoms with Crippen LogP contribution in [-0.4, -0.2) is 12.1 Å². The first-order valence-corrected chi connectivity index (χ1v) is 6.63. The summed E-state index contributed by atoms with van der Waals surface area (Å²) in [5.41, 5.74) is 0.297. The van der Waals surface area contributed by atoms with Crippen LogP contribution in [0.25, 0.3) is 10.8 Å². The van der Waals surface area contributed by atoms with Gasteiger partial charge in [-0.3, -0.25) is 4.79 Å². The van der Waals surface area contributed by atoms with Crippen LogP contribution >= 0.6 is 0 Å². The fraction of sp³-hybridized carbons (Fsp3) is 0.0556. The summed E-state index contributed by atoms with van der Waals surface area (Å²) in [4.78, 5) is 12.0. The average molecular weight is 280 g/mol. The summed E-state index contributed by atoms with van der Waals surface area (Å²) < 4.78 is 19.4. The molecule has 0 amide bonds. The highest BCUT2D eigenvalue weighted by Crippen LogP contribution is 2.26. The molecule has 1 unspecified atom stereocenters. The molecule has 0 radical (unpaired) electrons. The van der Waals surface area contributed by atoms with E-state index >= 15 is 0 Å². The van der Waals surface area contributed by atoms with Crippen molar-refractivity contribution in [3.63, 3.8) is 0 Å². The molecule has 3 rings (SSSR count). The van der Waals surface area contributed by atoms with Crippen molar-refractivity contribution in [3.8, 4) is 5.75 Å². The van der Waals surface area contributed by atoms with Crippen LogP contribution in [0.15, 0.2) is 72.8 Å². The van der Waals surface area contributed by atoms with Gasteiger partial charge in [0.25, 0.3) is 0 Å². The number of carbonyl (C=O) groups is 1. The van der Waals surface area contributed by atoms with Crippen LogP contribution in [-0.2, 0) is 0 Å². The molecule has 0 heterocycles. The minimum atomic E-state index is -2.02. The topological polar surface area (TPSA) is 26.3 Å². The zero-order chi connectivity index (χ0) is 14.7. The van der Waals surface area contributed by atoms with E-state index in [9.17, 15) is 9.18 Å². The molecule has 2 nitrogen and oxygen atoms in total. The van der Waals surface area contributed by atoms with E-state index in [1.165, 1.54) is 0 Å². The van der Waals surface area contributed by atoms with Crippen molar-refractivity contribution in [1.82, 2.24) is 0 Å². The number of rotatable bonds is 4. The maximum atomic E-state index is 14.1. The number of hydrogen-bond acceptors (Lipinski definition) is 2. The molecular weight excluding hydrogens is 267 g/mol. The summed E-state index contributed by atoms with van der Waals surface area (Å²) in [5.74, 6) is -0.312. The van der Waals surface area contributed by atoms with Crippen molar-refractivity contribution in [1.29, 1.82) is 0 Å². The predicted molar refractivity (Wildman–Crippen MR) is 80.2 cm³/mol. The Balaban J connectivity index is 1.87. The Labute approximate surface area is 121 Å². The highest BCUT2D eigenvalue weighted by molar-refractivity contribution is 5.99. The number of ether oxygens (including phenoxy) is 1. The van der Waals surface area contributed by atoms with E-state index in [2.05, 4.69) is 0 Å². The van der Waals surface area contributed by atoms with Crippen LogP contribution in [0.5, 0.6) is 5.75 Å². The van der Waals surface area contributed by atoms with Crippen LogP contribution in [0.4, 0.5) is 4.39 Å². The largest absolute Gasteiger partial charge is 0.452 e. The molecule has 1 atom stereocenters. The summed E-state index contributed by atoms with van der Waals surface area (Å²) in [6.07, 6.45) is -2.02. The quantitative estimate of drug-likeness (QED) is 0.662. The van der Waals surface area contributed by atoms with Gasteiger partial charge in [0.1, 0.15) is 5.75 Å².